The summed E-state index contributed by atoms with van der Waals surface area (Å²) in [4.78, 5) is 5.25. The van der Waals surface area contributed by atoms with Crippen LogP contribution in [0.15, 0.2) is 51.7 Å². The summed E-state index contributed by atoms with van der Waals surface area (Å²) in [6.07, 6.45) is 0.839. The van der Waals surface area contributed by atoms with Gasteiger partial charge in [0.2, 0.25) is 15.9 Å². The highest BCUT2D eigenvalue weighted by Crippen LogP contribution is 2.41. The van der Waals surface area contributed by atoms with Crippen molar-refractivity contribution in [3.8, 4) is 0 Å². The Morgan fingerprint density at radius 3 is 2.64 bits per heavy atom. The third kappa shape index (κ3) is 3.49. The minimum Gasteiger partial charge on any atom is -0.474 e. The average Bonchev–Trinajstić information content (AvgIpc) is 2.97. The summed E-state index contributed by atoms with van der Waals surface area (Å²) < 4.78 is 34.0. The molecule has 1 fully saturated rings. The Morgan fingerprint density at radius 2 is 1.96 bits per heavy atom. The summed E-state index contributed by atoms with van der Waals surface area (Å²) in [5.74, 6) is 0.795. The van der Waals surface area contributed by atoms with Crippen LogP contribution < -0.4 is 4.72 Å². The van der Waals surface area contributed by atoms with E-state index < -0.39 is 10.0 Å². The van der Waals surface area contributed by atoms with Gasteiger partial charge in [0.15, 0.2) is 0 Å². The zero-order valence-corrected chi connectivity index (χ0v) is 15.7. The SMILES string of the molecule is CC1(C)COC(c2ccc(S(=O)(=O)N[C@H]3C[C@@H]3c3ccccc3)s2)=N1. The molecule has 1 saturated carbocycles. The van der Waals surface area contributed by atoms with E-state index in [0.29, 0.717) is 16.7 Å². The monoisotopic (exact) mass is 376 g/mol. The number of thiophene rings is 1. The summed E-state index contributed by atoms with van der Waals surface area (Å²) in [6.45, 7) is 4.49. The minimum absolute atomic E-state index is 0.0306. The molecule has 1 aromatic carbocycles. The molecule has 4 rings (SSSR count). The van der Waals surface area contributed by atoms with Crippen molar-refractivity contribution in [2.24, 2.45) is 4.99 Å². The quantitative estimate of drug-likeness (QED) is 0.872. The summed E-state index contributed by atoms with van der Waals surface area (Å²) in [6, 6.07) is 13.4. The van der Waals surface area contributed by atoms with Crippen LogP contribution in [-0.2, 0) is 14.8 Å². The zero-order valence-electron chi connectivity index (χ0n) is 14.1. The summed E-state index contributed by atoms with van der Waals surface area (Å²) in [7, 11) is -3.52. The molecule has 2 atom stereocenters. The fourth-order valence-electron chi connectivity index (χ4n) is 2.94. The summed E-state index contributed by atoms with van der Waals surface area (Å²) in [5, 5.41) is 0. The van der Waals surface area contributed by atoms with Crippen LogP contribution in [0.2, 0.25) is 0 Å². The molecule has 2 aliphatic rings. The minimum atomic E-state index is -3.52. The lowest BCUT2D eigenvalue weighted by Gasteiger charge is -2.07. The molecule has 0 unspecified atom stereocenters. The largest absolute Gasteiger partial charge is 0.474 e. The number of ether oxygens (including phenoxy) is 1. The molecule has 132 valence electrons. The van der Waals surface area contributed by atoms with Gasteiger partial charge >= 0.3 is 0 Å². The van der Waals surface area contributed by atoms with E-state index in [1.54, 1.807) is 12.1 Å². The van der Waals surface area contributed by atoms with Gasteiger partial charge in [0, 0.05) is 12.0 Å². The number of nitrogens with one attached hydrogen (secondary N) is 1. The predicted molar refractivity (Wildman–Crippen MR) is 98.8 cm³/mol. The van der Waals surface area contributed by atoms with E-state index in [4.69, 9.17) is 4.74 Å². The van der Waals surface area contributed by atoms with E-state index in [0.717, 1.165) is 11.3 Å². The molecule has 1 N–H and O–H groups in total. The highest BCUT2D eigenvalue weighted by Gasteiger charge is 2.41. The number of aliphatic imine (C=N–C) groups is 1. The molecule has 25 heavy (non-hydrogen) atoms. The van der Waals surface area contributed by atoms with Gasteiger partial charge in [-0.1, -0.05) is 30.3 Å². The maximum atomic E-state index is 12.6. The molecule has 0 radical (unpaired) electrons. The van der Waals surface area contributed by atoms with Crippen molar-refractivity contribution in [1.29, 1.82) is 0 Å². The molecule has 0 saturated heterocycles. The van der Waals surface area contributed by atoms with Crippen molar-refractivity contribution in [2.75, 3.05) is 6.61 Å². The Hall–Kier alpha value is -1.70. The molecule has 1 aromatic heterocycles. The van der Waals surface area contributed by atoms with Crippen molar-refractivity contribution in [1.82, 2.24) is 4.72 Å². The number of nitrogens with zero attached hydrogens (tertiary/aromatic N) is 1. The number of hydrogen-bond acceptors (Lipinski definition) is 5. The molecule has 2 heterocycles. The first-order chi connectivity index (χ1) is 11.8. The second kappa shape index (κ2) is 5.93. The van der Waals surface area contributed by atoms with Crippen molar-refractivity contribution in [3.05, 3.63) is 52.9 Å². The highest BCUT2D eigenvalue weighted by atomic mass is 32.2. The molecule has 1 aliphatic heterocycles. The van der Waals surface area contributed by atoms with E-state index in [1.807, 2.05) is 44.2 Å². The Bertz CT molecular complexity index is 917. The van der Waals surface area contributed by atoms with Crippen molar-refractivity contribution in [3.63, 3.8) is 0 Å². The van der Waals surface area contributed by atoms with Gasteiger partial charge in [-0.15, -0.1) is 11.3 Å². The molecule has 2 aromatic rings. The second-order valence-corrected chi connectivity index (χ2v) is 10.1. The fourth-order valence-corrected chi connectivity index (χ4v) is 5.50. The highest BCUT2D eigenvalue weighted by molar-refractivity contribution is 7.91. The fraction of sp³-hybridized carbons (Fsp3) is 0.389. The lowest BCUT2D eigenvalue weighted by Crippen LogP contribution is -2.26. The first-order valence-electron chi connectivity index (χ1n) is 8.24. The third-order valence-electron chi connectivity index (χ3n) is 4.35. The lowest BCUT2D eigenvalue weighted by molar-refractivity contribution is 0.280. The molecule has 0 spiro atoms. The van der Waals surface area contributed by atoms with Crippen LogP contribution in [0.4, 0.5) is 0 Å². The van der Waals surface area contributed by atoms with Crippen LogP contribution in [0.25, 0.3) is 0 Å². The predicted octanol–water partition coefficient (Wildman–Crippen LogP) is 3.14. The second-order valence-electron chi connectivity index (χ2n) is 7.12. The van der Waals surface area contributed by atoms with Gasteiger partial charge in [-0.2, -0.15) is 0 Å². The molecular weight excluding hydrogens is 356 g/mol. The third-order valence-corrected chi connectivity index (χ3v) is 7.40. The maximum Gasteiger partial charge on any atom is 0.250 e. The number of hydrogen-bond donors (Lipinski definition) is 1. The molecule has 5 nitrogen and oxygen atoms in total. The zero-order chi connectivity index (χ0) is 17.7. The summed E-state index contributed by atoms with van der Waals surface area (Å²) in [5.41, 5.74) is 0.922. The number of sulfonamides is 1. The van der Waals surface area contributed by atoms with E-state index in [9.17, 15) is 8.42 Å². The van der Waals surface area contributed by atoms with E-state index >= 15 is 0 Å². The van der Waals surface area contributed by atoms with Gasteiger partial charge in [-0.25, -0.2) is 18.1 Å². The molecule has 0 amide bonds. The topological polar surface area (TPSA) is 67.8 Å². The standard InChI is InChI=1S/C18H20N2O3S2/c1-18(2)11-23-17(19-18)15-8-9-16(24-15)25(21,22)20-14-10-13(14)12-6-4-3-5-7-12/h3-9,13-14,20H,10-11H2,1-2H3/t13-,14+/m1/s1. The van der Waals surface area contributed by atoms with E-state index in [2.05, 4.69) is 9.71 Å². The van der Waals surface area contributed by atoms with Crippen LogP contribution in [0, 0.1) is 0 Å². The molecule has 0 bridgehead atoms. The van der Waals surface area contributed by atoms with Gasteiger partial charge in [0.1, 0.15) is 10.8 Å². The maximum absolute atomic E-state index is 12.6. The Morgan fingerprint density at radius 1 is 1.20 bits per heavy atom. The van der Waals surface area contributed by atoms with Crippen LogP contribution in [-0.4, -0.2) is 32.5 Å². The van der Waals surface area contributed by atoms with Crippen LogP contribution in [0.5, 0.6) is 0 Å². The number of benzene rings is 1. The van der Waals surface area contributed by atoms with Crippen molar-refractivity contribution >= 4 is 27.3 Å². The molecule has 1 aliphatic carbocycles. The van der Waals surface area contributed by atoms with Crippen LogP contribution >= 0.6 is 11.3 Å². The van der Waals surface area contributed by atoms with Crippen molar-refractivity contribution in [2.45, 2.75) is 42.0 Å². The van der Waals surface area contributed by atoms with Gasteiger partial charge < -0.3 is 4.74 Å². The van der Waals surface area contributed by atoms with E-state index in [-0.39, 0.29) is 17.5 Å². The van der Waals surface area contributed by atoms with Gasteiger partial charge in [0.05, 0.1) is 10.4 Å². The van der Waals surface area contributed by atoms with Crippen LogP contribution in [0.3, 0.4) is 0 Å². The average molecular weight is 377 g/mol. The first-order valence-corrected chi connectivity index (χ1v) is 10.5. The van der Waals surface area contributed by atoms with Crippen molar-refractivity contribution < 1.29 is 13.2 Å². The first kappa shape index (κ1) is 16.8. The Kier molecular flexibility index (Phi) is 3.97. The van der Waals surface area contributed by atoms with Gasteiger partial charge in [0.25, 0.3) is 0 Å². The van der Waals surface area contributed by atoms with Crippen LogP contribution in [0.1, 0.15) is 36.6 Å². The lowest BCUT2D eigenvalue weighted by atomic mass is 10.1. The normalized spacial score (nSPS) is 24.6. The molecule has 7 heteroatoms. The summed E-state index contributed by atoms with van der Waals surface area (Å²) >= 11 is 1.20. The Balaban J connectivity index is 1.47. The Labute approximate surface area is 151 Å². The van der Waals surface area contributed by atoms with Gasteiger partial charge in [-0.05, 0) is 38.0 Å². The van der Waals surface area contributed by atoms with Gasteiger partial charge in [-0.3, -0.25) is 0 Å². The molecular formula is C18H20N2O3S2. The smallest absolute Gasteiger partial charge is 0.250 e. The number of rotatable bonds is 5. The van der Waals surface area contributed by atoms with E-state index in [1.165, 1.54) is 16.9 Å².